The highest BCUT2D eigenvalue weighted by Gasteiger charge is 2.39. The molecule has 0 atom stereocenters. The van der Waals surface area contributed by atoms with Crippen molar-refractivity contribution in [2.75, 3.05) is 6.61 Å². The number of ether oxygens (including phenoxy) is 1. The van der Waals surface area contributed by atoms with E-state index in [9.17, 15) is 30.7 Å². The van der Waals surface area contributed by atoms with Crippen LogP contribution in [0, 0.1) is 23.3 Å². The van der Waals surface area contributed by atoms with Gasteiger partial charge in [-0.1, -0.05) is 0 Å². The van der Waals surface area contributed by atoms with Gasteiger partial charge < -0.3 is 4.74 Å². The van der Waals surface area contributed by atoms with E-state index in [1.165, 1.54) is 12.1 Å². The lowest BCUT2D eigenvalue weighted by Gasteiger charge is -2.13. The highest BCUT2D eigenvalue weighted by molar-refractivity contribution is 5.89. The van der Waals surface area contributed by atoms with Crippen molar-refractivity contribution in [3.8, 4) is 16.9 Å². The molecule has 0 fully saturated rings. The van der Waals surface area contributed by atoms with Gasteiger partial charge >= 0.3 is 6.18 Å². The van der Waals surface area contributed by atoms with Crippen molar-refractivity contribution in [2.24, 2.45) is 0 Å². The number of halogens is 7. The van der Waals surface area contributed by atoms with Crippen LogP contribution in [-0.4, -0.2) is 6.61 Å². The van der Waals surface area contributed by atoms with Crippen LogP contribution in [-0.2, 0) is 6.18 Å². The van der Waals surface area contributed by atoms with Crippen LogP contribution in [0.15, 0.2) is 36.4 Å². The van der Waals surface area contributed by atoms with Gasteiger partial charge in [0.05, 0.1) is 12.0 Å². The first kappa shape index (κ1) is 19.0. The Hall–Kier alpha value is -2.77. The molecule has 0 N–H and O–H groups in total. The Morgan fingerprint density at radius 1 is 0.852 bits per heavy atom. The average molecular weight is 388 g/mol. The van der Waals surface area contributed by atoms with E-state index in [0.29, 0.717) is 18.7 Å². The molecule has 27 heavy (non-hydrogen) atoms. The summed E-state index contributed by atoms with van der Waals surface area (Å²) in [4.78, 5) is 0. The molecular weight excluding hydrogens is 377 g/mol. The molecule has 0 heterocycles. The molecule has 8 heteroatoms. The lowest BCUT2D eigenvalue weighted by atomic mass is 9.98. The third-order valence-corrected chi connectivity index (χ3v) is 3.93. The van der Waals surface area contributed by atoms with Gasteiger partial charge in [-0.05, 0) is 48.2 Å². The van der Waals surface area contributed by atoms with E-state index in [0.717, 1.165) is 12.1 Å². The molecule has 0 saturated heterocycles. The van der Waals surface area contributed by atoms with Crippen LogP contribution in [0.4, 0.5) is 30.7 Å². The van der Waals surface area contributed by atoms with E-state index in [-0.39, 0.29) is 16.9 Å². The Bertz CT molecular complexity index is 1020. The maximum atomic E-state index is 14.3. The van der Waals surface area contributed by atoms with Crippen molar-refractivity contribution in [1.82, 2.24) is 0 Å². The fourth-order valence-electron chi connectivity index (χ4n) is 2.81. The van der Waals surface area contributed by atoms with Crippen LogP contribution in [0.1, 0.15) is 12.5 Å². The molecule has 0 bridgehead atoms. The number of fused-ring (bicyclic) bond motifs is 1. The van der Waals surface area contributed by atoms with Crippen LogP contribution >= 0.6 is 0 Å². The predicted molar refractivity (Wildman–Crippen MR) is 85.4 cm³/mol. The van der Waals surface area contributed by atoms with E-state index in [2.05, 4.69) is 0 Å². The summed E-state index contributed by atoms with van der Waals surface area (Å²) in [7, 11) is 0. The van der Waals surface area contributed by atoms with Gasteiger partial charge in [0.1, 0.15) is 34.6 Å². The first-order chi connectivity index (χ1) is 12.6. The summed E-state index contributed by atoms with van der Waals surface area (Å²) in [6.07, 6.45) is -5.32. The van der Waals surface area contributed by atoms with E-state index in [1.807, 2.05) is 0 Å². The summed E-state index contributed by atoms with van der Waals surface area (Å²) < 4.78 is 100. The van der Waals surface area contributed by atoms with Crippen molar-refractivity contribution in [3.05, 3.63) is 65.2 Å². The molecular formula is C19H11F7O. The van der Waals surface area contributed by atoms with Crippen LogP contribution in [0.3, 0.4) is 0 Å². The molecule has 3 rings (SSSR count). The minimum absolute atomic E-state index is 0.0842. The van der Waals surface area contributed by atoms with Gasteiger partial charge in [0.25, 0.3) is 0 Å². The molecule has 142 valence electrons. The van der Waals surface area contributed by atoms with Gasteiger partial charge in [-0.3, -0.25) is 0 Å². The number of hydrogen-bond donors (Lipinski definition) is 0. The molecule has 0 aromatic heterocycles. The van der Waals surface area contributed by atoms with Crippen molar-refractivity contribution in [3.63, 3.8) is 0 Å². The van der Waals surface area contributed by atoms with Gasteiger partial charge in [-0.2, -0.15) is 13.2 Å². The van der Waals surface area contributed by atoms with Gasteiger partial charge in [0, 0.05) is 11.6 Å². The Morgan fingerprint density at radius 2 is 1.56 bits per heavy atom. The molecule has 3 aromatic carbocycles. The fraction of sp³-hybridized carbons (Fsp3) is 0.158. The number of alkyl halides is 3. The lowest BCUT2D eigenvalue weighted by molar-refractivity contribution is -0.142. The number of benzene rings is 3. The summed E-state index contributed by atoms with van der Waals surface area (Å²) >= 11 is 0. The zero-order chi connectivity index (χ0) is 19.9. The Labute approximate surface area is 149 Å². The summed E-state index contributed by atoms with van der Waals surface area (Å²) in [5, 5.41) is -1.47. The van der Waals surface area contributed by atoms with Gasteiger partial charge in [0.15, 0.2) is 0 Å². The molecule has 0 aliphatic carbocycles. The topological polar surface area (TPSA) is 9.23 Å². The maximum Gasteiger partial charge on any atom is 0.422 e. The van der Waals surface area contributed by atoms with Crippen molar-refractivity contribution in [1.29, 1.82) is 0 Å². The van der Waals surface area contributed by atoms with Crippen molar-refractivity contribution < 1.29 is 35.5 Å². The second-order valence-electron chi connectivity index (χ2n) is 5.68. The van der Waals surface area contributed by atoms with Crippen molar-refractivity contribution >= 4 is 10.8 Å². The third kappa shape index (κ3) is 3.43. The Kier molecular flexibility index (Phi) is 4.75. The van der Waals surface area contributed by atoms with Gasteiger partial charge in [-0.25, -0.2) is 17.6 Å². The summed E-state index contributed by atoms with van der Waals surface area (Å²) in [6, 6.07) is 5.83. The largest absolute Gasteiger partial charge is 0.494 e. The smallest absolute Gasteiger partial charge is 0.422 e. The van der Waals surface area contributed by atoms with Gasteiger partial charge in [0.2, 0.25) is 0 Å². The Balaban J connectivity index is 2.22. The molecule has 0 saturated carbocycles. The molecule has 0 amide bonds. The molecule has 1 nitrogen and oxygen atoms in total. The van der Waals surface area contributed by atoms with E-state index < -0.39 is 45.8 Å². The molecule has 0 spiro atoms. The van der Waals surface area contributed by atoms with E-state index in [4.69, 9.17) is 4.74 Å². The normalized spacial score (nSPS) is 11.9. The first-order valence-corrected chi connectivity index (χ1v) is 7.74. The molecule has 3 aromatic rings. The second kappa shape index (κ2) is 6.75. The zero-order valence-corrected chi connectivity index (χ0v) is 13.7. The zero-order valence-electron chi connectivity index (χ0n) is 13.7. The first-order valence-electron chi connectivity index (χ1n) is 7.74. The predicted octanol–water partition coefficient (Wildman–Crippen LogP) is 6.48. The van der Waals surface area contributed by atoms with Crippen LogP contribution < -0.4 is 4.74 Å². The number of rotatable bonds is 3. The van der Waals surface area contributed by atoms with Gasteiger partial charge in [-0.15, -0.1) is 0 Å². The van der Waals surface area contributed by atoms with Crippen molar-refractivity contribution in [2.45, 2.75) is 13.1 Å². The highest BCUT2D eigenvalue weighted by atomic mass is 19.4. The standard InChI is InChI=1S/C19H11F7O/c1-2-27-11-3-4-12(13(20)8-11)9-5-10-7-15(22)17(19(24,25)26)18(23)16(10)14(21)6-9/h3-8H,2H2,1H3. The lowest BCUT2D eigenvalue weighted by Crippen LogP contribution is -2.12. The minimum Gasteiger partial charge on any atom is -0.494 e. The van der Waals surface area contributed by atoms with Crippen LogP contribution in [0.2, 0.25) is 0 Å². The Morgan fingerprint density at radius 3 is 2.15 bits per heavy atom. The summed E-state index contributed by atoms with van der Waals surface area (Å²) in [5.74, 6) is -5.84. The summed E-state index contributed by atoms with van der Waals surface area (Å²) in [6.45, 7) is 1.99. The summed E-state index contributed by atoms with van der Waals surface area (Å²) in [5.41, 5.74) is -2.35. The van der Waals surface area contributed by atoms with Crippen LogP contribution in [0.5, 0.6) is 5.75 Å². The fourth-order valence-corrected chi connectivity index (χ4v) is 2.81. The number of hydrogen-bond acceptors (Lipinski definition) is 1. The SMILES string of the molecule is CCOc1ccc(-c2cc(F)c3c(F)c(C(F)(F)F)c(F)cc3c2)c(F)c1. The third-order valence-electron chi connectivity index (χ3n) is 3.93. The molecule has 0 radical (unpaired) electrons. The van der Waals surface area contributed by atoms with Crippen LogP contribution in [0.25, 0.3) is 21.9 Å². The molecule has 0 aliphatic heterocycles. The average Bonchev–Trinajstić information content (AvgIpc) is 2.52. The van der Waals surface area contributed by atoms with E-state index >= 15 is 0 Å². The quantitative estimate of drug-likeness (QED) is 0.467. The van der Waals surface area contributed by atoms with E-state index in [1.54, 1.807) is 6.92 Å². The minimum atomic E-state index is -5.32. The monoisotopic (exact) mass is 388 g/mol. The maximum absolute atomic E-state index is 14.3. The second-order valence-corrected chi connectivity index (χ2v) is 5.68. The highest BCUT2D eigenvalue weighted by Crippen LogP contribution is 2.39. The molecule has 0 unspecified atom stereocenters. The molecule has 0 aliphatic rings.